The molecule has 6 nitrogen and oxygen atoms in total. The summed E-state index contributed by atoms with van der Waals surface area (Å²) in [6.45, 7) is 6.43. The number of hydrogen-bond acceptors (Lipinski definition) is 4. The van der Waals surface area contributed by atoms with Crippen molar-refractivity contribution in [2.45, 2.75) is 6.04 Å². The van der Waals surface area contributed by atoms with Gasteiger partial charge in [-0.15, -0.1) is 24.0 Å². The molecule has 0 bridgehead atoms. The van der Waals surface area contributed by atoms with Crippen molar-refractivity contribution in [1.29, 1.82) is 0 Å². The molecule has 1 saturated heterocycles. The van der Waals surface area contributed by atoms with Gasteiger partial charge in [0.05, 0.1) is 19.3 Å². The van der Waals surface area contributed by atoms with Gasteiger partial charge in [0.2, 0.25) is 0 Å². The highest BCUT2D eigenvalue weighted by atomic mass is 127. The molecule has 1 fully saturated rings. The predicted molar refractivity (Wildman–Crippen MR) is 115 cm³/mol. The lowest BCUT2D eigenvalue weighted by molar-refractivity contribution is 0.0389. The van der Waals surface area contributed by atoms with Crippen molar-refractivity contribution >= 4 is 29.9 Å². The van der Waals surface area contributed by atoms with Crippen LogP contribution in [0.1, 0.15) is 11.6 Å². The summed E-state index contributed by atoms with van der Waals surface area (Å²) in [5.74, 6) is 0.853. The molecule has 2 rings (SSSR count). The van der Waals surface area contributed by atoms with Gasteiger partial charge in [0.15, 0.2) is 5.96 Å². The number of nitrogens with one attached hydrogen (secondary N) is 2. The lowest BCUT2D eigenvalue weighted by Crippen LogP contribution is -2.46. The van der Waals surface area contributed by atoms with E-state index in [0.29, 0.717) is 6.04 Å². The van der Waals surface area contributed by atoms with Crippen molar-refractivity contribution in [2.75, 3.05) is 67.1 Å². The van der Waals surface area contributed by atoms with Crippen molar-refractivity contribution in [2.24, 2.45) is 4.99 Å². The van der Waals surface area contributed by atoms with Crippen LogP contribution in [0.4, 0.5) is 0 Å². The van der Waals surface area contributed by atoms with Gasteiger partial charge in [-0.3, -0.25) is 9.89 Å². The molecule has 1 aromatic carbocycles. The van der Waals surface area contributed by atoms with Gasteiger partial charge in [-0.05, 0) is 19.7 Å². The minimum atomic E-state index is 0. The van der Waals surface area contributed by atoms with Gasteiger partial charge >= 0.3 is 0 Å². The summed E-state index contributed by atoms with van der Waals surface area (Å²) in [5.41, 5.74) is 1.30. The number of guanidine groups is 1. The number of benzene rings is 1. The number of halogens is 1. The molecule has 0 spiro atoms. The smallest absolute Gasteiger partial charge is 0.191 e. The molecule has 7 heteroatoms. The van der Waals surface area contributed by atoms with Crippen LogP contribution in [0.15, 0.2) is 35.3 Å². The molecule has 25 heavy (non-hydrogen) atoms. The van der Waals surface area contributed by atoms with E-state index in [1.165, 1.54) is 5.56 Å². The Bertz CT molecular complexity index is 491. The molecule has 1 unspecified atom stereocenters. The summed E-state index contributed by atoms with van der Waals surface area (Å²) < 4.78 is 5.37. The van der Waals surface area contributed by atoms with E-state index in [2.05, 4.69) is 69.9 Å². The molecule has 0 aliphatic carbocycles. The lowest BCUT2D eigenvalue weighted by atomic mass is 10.1. The van der Waals surface area contributed by atoms with Crippen LogP contribution in [0.2, 0.25) is 0 Å². The second kappa shape index (κ2) is 12.5. The Morgan fingerprint density at radius 2 is 1.88 bits per heavy atom. The fourth-order valence-electron chi connectivity index (χ4n) is 2.84. The van der Waals surface area contributed by atoms with Gasteiger partial charge in [-0.25, -0.2) is 0 Å². The molecule has 1 heterocycles. The van der Waals surface area contributed by atoms with Gasteiger partial charge in [0, 0.05) is 39.8 Å². The molecular weight excluding hydrogens is 429 g/mol. The summed E-state index contributed by atoms with van der Waals surface area (Å²) in [7, 11) is 6.03. The van der Waals surface area contributed by atoms with E-state index in [-0.39, 0.29) is 24.0 Å². The quantitative estimate of drug-likeness (QED) is 0.366. The third-order valence-corrected chi connectivity index (χ3v) is 4.32. The molecule has 0 aromatic heterocycles. The number of ether oxygens (including phenoxy) is 1. The largest absolute Gasteiger partial charge is 0.379 e. The molecule has 1 aliphatic rings. The lowest BCUT2D eigenvalue weighted by Gasteiger charge is -2.28. The van der Waals surface area contributed by atoms with Gasteiger partial charge in [0.1, 0.15) is 0 Å². The highest BCUT2D eigenvalue weighted by Crippen LogP contribution is 2.16. The number of rotatable bonds is 7. The fourth-order valence-corrected chi connectivity index (χ4v) is 2.84. The van der Waals surface area contributed by atoms with Gasteiger partial charge in [-0.2, -0.15) is 0 Å². The second-order valence-electron chi connectivity index (χ2n) is 6.22. The maximum atomic E-state index is 5.37. The highest BCUT2D eigenvalue weighted by Gasteiger charge is 2.14. The summed E-state index contributed by atoms with van der Waals surface area (Å²) in [4.78, 5) is 8.97. The van der Waals surface area contributed by atoms with Crippen LogP contribution < -0.4 is 10.6 Å². The Hall–Kier alpha value is -0.900. The van der Waals surface area contributed by atoms with E-state index in [0.717, 1.165) is 51.9 Å². The second-order valence-corrected chi connectivity index (χ2v) is 6.22. The van der Waals surface area contributed by atoms with E-state index >= 15 is 0 Å². The number of aliphatic imine (C=N–C) groups is 1. The van der Waals surface area contributed by atoms with Gasteiger partial charge in [-0.1, -0.05) is 30.3 Å². The van der Waals surface area contributed by atoms with E-state index in [9.17, 15) is 0 Å². The maximum absolute atomic E-state index is 5.37. The minimum absolute atomic E-state index is 0. The molecule has 1 aromatic rings. The SMILES string of the molecule is CN=C(NCCN1CCOCC1)NCC(c1ccccc1)N(C)C.I. The molecule has 0 amide bonds. The summed E-state index contributed by atoms with van der Waals surface area (Å²) >= 11 is 0. The summed E-state index contributed by atoms with van der Waals surface area (Å²) in [6, 6.07) is 10.9. The van der Waals surface area contributed by atoms with Crippen LogP contribution in [0, 0.1) is 0 Å². The Kier molecular flexibility index (Phi) is 11.0. The first-order chi connectivity index (χ1) is 11.7. The Morgan fingerprint density at radius 3 is 2.48 bits per heavy atom. The molecule has 1 atom stereocenters. The van der Waals surface area contributed by atoms with Gasteiger partial charge < -0.3 is 20.3 Å². The first kappa shape index (κ1) is 22.1. The van der Waals surface area contributed by atoms with E-state index in [4.69, 9.17) is 4.74 Å². The molecule has 0 saturated carbocycles. The molecular formula is C18H32IN5O. The van der Waals surface area contributed by atoms with Crippen LogP contribution in [0.25, 0.3) is 0 Å². The minimum Gasteiger partial charge on any atom is -0.379 e. The predicted octanol–water partition coefficient (Wildman–Crippen LogP) is 1.40. The van der Waals surface area contributed by atoms with Crippen LogP contribution in [0.5, 0.6) is 0 Å². The van der Waals surface area contributed by atoms with Crippen LogP contribution in [0.3, 0.4) is 0 Å². The zero-order chi connectivity index (χ0) is 17.2. The zero-order valence-corrected chi connectivity index (χ0v) is 17.9. The molecule has 2 N–H and O–H groups in total. The van der Waals surface area contributed by atoms with Crippen molar-refractivity contribution in [3.05, 3.63) is 35.9 Å². The monoisotopic (exact) mass is 461 g/mol. The third-order valence-electron chi connectivity index (χ3n) is 4.32. The number of hydrogen-bond donors (Lipinski definition) is 2. The molecule has 142 valence electrons. The van der Waals surface area contributed by atoms with Crippen LogP contribution in [-0.2, 0) is 4.74 Å². The van der Waals surface area contributed by atoms with Crippen molar-refractivity contribution in [3.63, 3.8) is 0 Å². The van der Waals surface area contributed by atoms with Crippen molar-refractivity contribution < 1.29 is 4.74 Å². The zero-order valence-electron chi connectivity index (χ0n) is 15.6. The van der Waals surface area contributed by atoms with Crippen LogP contribution in [-0.4, -0.2) is 82.8 Å². The average Bonchev–Trinajstić information content (AvgIpc) is 2.62. The standard InChI is InChI=1S/C18H31N5O.HI/c1-19-18(20-9-10-23-11-13-24-14-12-23)21-15-17(22(2)3)16-7-5-4-6-8-16;/h4-8,17H,9-15H2,1-3H3,(H2,19,20,21);1H. The number of likely N-dealkylation sites (N-methyl/N-ethyl adjacent to an activating group) is 1. The molecule has 0 radical (unpaired) electrons. The normalized spacial score (nSPS) is 17.0. The first-order valence-electron chi connectivity index (χ1n) is 8.66. The van der Waals surface area contributed by atoms with E-state index < -0.39 is 0 Å². The summed E-state index contributed by atoms with van der Waals surface area (Å²) in [6.07, 6.45) is 0. The Balaban J connectivity index is 0.00000312. The van der Waals surface area contributed by atoms with Gasteiger partial charge in [0.25, 0.3) is 0 Å². The van der Waals surface area contributed by atoms with Crippen molar-refractivity contribution in [1.82, 2.24) is 20.4 Å². The third kappa shape index (κ3) is 7.89. The number of nitrogens with zero attached hydrogens (tertiary/aromatic N) is 3. The summed E-state index contributed by atoms with van der Waals surface area (Å²) in [5, 5.41) is 6.84. The molecule has 1 aliphatic heterocycles. The van der Waals surface area contributed by atoms with Crippen LogP contribution >= 0.6 is 24.0 Å². The Labute approximate surface area is 169 Å². The maximum Gasteiger partial charge on any atom is 0.191 e. The first-order valence-corrected chi connectivity index (χ1v) is 8.66. The fraction of sp³-hybridized carbons (Fsp3) is 0.611. The van der Waals surface area contributed by atoms with Crippen molar-refractivity contribution in [3.8, 4) is 0 Å². The average molecular weight is 461 g/mol. The highest BCUT2D eigenvalue weighted by molar-refractivity contribution is 14.0. The van der Waals surface area contributed by atoms with E-state index in [1.54, 1.807) is 0 Å². The number of morpholine rings is 1. The topological polar surface area (TPSA) is 52.1 Å². The Morgan fingerprint density at radius 1 is 1.20 bits per heavy atom. The van der Waals surface area contributed by atoms with E-state index in [1.807, 2.05) is 7.05 Å².